The Morgan fingerprint density at radius 1 is 1.11 bits per heavy atom. The van der Waals surface area contributed by atoms with Gasteiger partial charge >= 0.3 is 0 Å². The number of benzene rings is 1. The lowest BCUT2D eigenvalue weighted by Crippen LogP contribution is -2.38. The molecule has 0 spiro atoms. The van der Waals surface area contributed by atoms with Gasteiger partial charge in [-0.3, -0.25) is 0 Å². The van der Waals surface area contributed by atoms with E-state index in [4.69, 9.17) is 0 Å². The highest BCUT2D eigenvalue weighted by molar-refractivity contribution is 7.89. The minimum atomic E-state index is -3.36. The Kier molecular flexibility index (Phi) is 3.64. The smallest absolute Gasteiger partial charge is 0.243 e. The molecule has 1 fully saturated rings. The molecule has 18 heavy (non-hydrogen) atoms. The Balaban J connectivity index is 2.35. The summed E-state index contributed by atoms with van der Waals surface area (Å²) in [5, 5.41) is 2.98. The van der Waals surface area contributed by atoms with Gasteiger partial charge in [-0.05, 0) is 51.0 Å². The summed E-state index contributed by atoms with van der Waals surface area (Å²) in [5.41, 5.74) is 0.913. The van der Waals surface area contributed by atoms with Crippen molar-refractivity contribution in [2.45, 2.75) is 43.7 Å². The zero-order valence-corrected chi connectivity index (χ0v) is 11.9. The quantitative estimate of drug-likeness (QED) is 0.915. The zero-order chi connectivity index (χ0) is 13.3. The van der Waals surface area contributed by atoms with Gasteiger partial charge in [-0.15, -0.1) is 0 Å². The lowest BCUT2D eigenvalue weighted by molar-refractivity contribution is 0.350. The van der Waals surface area contributed by atoms with Crippen LogP contribution in [0, 0.1) is 0 Å². The normalized spacial score (nSPS) is 25.3. The molecule has 0 radical (unpaired) electrons. The van der Waals surface area contributed by atoms with Crippen molar-refractivity contribution in [1.82, 2.24) is 4.31 Å². The van der Waals surface area contributed by atoms with Gasteiger partial charge in [0.25, 0.3) is 0 Å². The van der Waals surface area contributed by atoms with Gasteiger partial charge in [-0.1, -0.05) is 0 Å². The van der Waals surface area contributed by atoms with E-state index in [-0.39, 0.29) is 12.1 Å². The molecule has 0 saturated carbocycles. The topological polar surface area (TPSA) is 49.4 Å². The molecule has 2 atom stereocenters. The molecule has 5 heteroatoms. The molecule has 1 aliphatic heterocycles. The van der Waals surface area contributed by atoms with E-state index in [1.165, 1.54) is 0 Å². The number of nitrogens with one attached hydrogen (secondary N) is 1. The first kappa shape index (κ1) is 13.4. The summed E-state index contributed by atoms with van der Waals surface area (Å²) in [6, 6.07) is 7.09. The van der Waals surface area contributed by atoms with E-state index in [9.17, 15) is 8.42 Å². The van der Waals surface area contributed by atoms with Crippen LogP contribution in [-0.2, 0) is 10.0 Å². The SMILES string of the molecule is CNc1ccc(S(=O)(=O)N2C(C)CCC2C)cc1. The lowest BCUT2D eigenvalue weighted by Gasteiger charge is -2.25. The number of hydrogen-bond acceptors (Lipinski definition) is 3. The first-order valence-electron chi connectivity index (χ1n) is 6.28. The molecule has 1 N–H and O–H groups in total. The van der Waals surface area contributed by atoms with Gasteiger partial charge in [-0.2, -0.15) is 4.31 Å². The third-order valence-corrected chi connectivity index (χ3v) is 5.73. The predicted octanol–water partition coefficient (Wildman–Crippen LogP) is 2.29. The zero-order valence-electron chi connectivity index (χ0n) is 11.1. The number of rotatable bonds is 3. The molecule has 1 saturated heterocycles. The van der Waals surface area contributed by atoms with Crippen molar-refractivity contribution < 1.29 is 8.42 Å². The fourth-order valence-corrected chi connectivity index (χ4v) is 4.44. The summed E-state index contributed by atoms with van der Waals surface area (Å²) >= 11 is 0. The van der Waals surface area contributed by atoms with E-state index in [2.05, 4.69) is 5.32 Å². The van der Waals surface area contributed by atoms with Crippen LogP contribution < -0.4 is 5.32 Å². The Bertz CT molecular complexity index is 500. The van der Waals surface area contributed by atoms with Gasteiger partial charge in [0.1, 0.15) is 0 Å². The molecule has 2 unspecified atom stereocenters. The van der Waals surface area contributed by atoms with Gasteiger partial charge in [-0.25, -0.2) is 8.42 Å². The van der Waals surface area contributed by atoms with Crippen LogP contribution in [0.4, 0.5) is 5.69 Å². The van der Waals surface area contributed by atoms with Gasteiger partial charge in [0.15, 0.2) is 0 Å². The molecule has 0 aromatic heterocycles. The van der Waals surface area contributed by atoms with E-state index in [1.807, 2.05) is 20.9 Å². The average Bonchev–Trinajstić information content (AvgIpc) is 2.69. The van der Waals surface area contributed by atoms with Crippen LogP contribution in [0.1, 0.15) is 26.7 Å². The standard InChI is InChI=1S/C13H20N2O2S/c1-10-4-5-11(2)15(10)18(16,17)13-8-6-12(14-3)7-9-13/h6-11,14H,4-5H2,1-3H3. The molecule has 2 rings (SSSR count). The molecule has 1 heterocycles. The monoisotopic (exact) mass is 268 g/mol. The minimum absolute atomic E-state index is 0.0916. The second kappa shape index (κ2) is 4.90. The summed E-state index contributed by atoms with van der Waals surface area (Å²) in [6.07, 6.45) is 1.88. The Morgan fingerprint density at radius 3 is 2.06 bits per heavy atom. The van der Waals surface area contributed by atoms with Crippen molar-refractivity contribution in [3.63, 3.8) is 0 Å². The minimum Gasteiger partial charge on any atom is -0.388 e. The number of hydrogen-bond donors (Lipinski definition) is 1. The molecular weight excluding hydrogens is 248 g/mol. The van der Waals surface area contributed by atoms with E-state index < -0.39 is 10.0 Å². The van der Waals surface area contributed by atoms with Crippen molar-refractivity contribution in [1.29, 1.82) is 0 Å². The highest BCUT2D eigenvalue weighted by Gasteiger charge is 2.37. The number of sulfonamides is 1. The van der Waals surface area contributed by atoms with Crippen molar-refractivity contribution in [2.24, 2.45) is 0 Å². The third kappa shape index (κ3) is 2.24. The molecule has 1 aromatic rings. The molecular formula is C13H20N2O2S. The third-order valence-electron chi connectivity index (χ3n) is 3.59. The molecule has 1 aliphatic rings. The largest absolute Gasteiger partial charge is 0.388 e. The molecule has 0 aliphatic carbocycles. The van der Waals surface area contributed by atoms with Crippen molar-refractivity contribution >= 4 is 15.7 Å². The van der Waals surface area contributed by atoms with E-state index >= 15 is 0 Å². The van der Waals surface area contributed by atoms with E-state index in [0.717, 1.165) is 18.5 Å². The Labute approximate surface area is 109 Å². The van der Waals surface area contributed by atoms with Crippen LogP contribution in [-0.4, -0.2) is 31.9 Å². The molecule has 4 nitrogen and oxygen atoms in total. The highest BCUT2D eigenvalue weighted by atomic mass is 32.2. The van der Waals surface area contributed by atoms with E-state index in [1.54, 1.807) is 28.6 Å². The maximum absolute atomic E-state index is 12.6. The summed E-state index contributed by atoms with van der Waals surface area (Å²) in [7, 11) is -1.54. The second-order valence-electron chi connectivity index (χ2n) is 4.88. The van der Waals surface area contributed by atoms with Crippen molar-refractivity contribution in [3.8, 4) is 0 Å². The van der Waals surface area contributed by atoms with Crippen molar-refractivity contribution in [2.75, 3.05) is 12.4 Å². The van der Waals surface area contributed by atoms with Gasteiger partial charge < -0.3 is 5.32 Å². The molecule has 1 aromatic carbocycles. The maximum atomic E-state index is 12.6. The fourth-order valence-electron chi connectivity index (χ4n) is 2.56. The van der Waals surface area contributed by atoms with Crippen LogP contribution in [0.5, 0.6) is 0 Å². The predicted molar refractivity (Wildman–Crippen MR) is 73.2 cm³/mol. The van der Waals surface area contributed by atoms with Gasteiger partial charge in [0.05, 0.1) is 4.90 Å². The molecule has 100 valence electrons. The summed E-state index contributed by atoms with van der Waals surface area (Å²) < 4.78 is 26.8. The summed E-state index contributed by atoms with van der Waals surface area (Å²) in [4.78, 5) is 0.377. The highest BCUT2D eigenvalue weighted by Crippen LogP contribution is 2.30. The van der Waals surface area contributed by atoms with Gasteiger partial charge in [0, 0.05) is 24.8 Å². The first-order valence-corrected chi connectivity index (χ1v) is 7.72. The second-order valence-corrected chi connectivity index (χ2v) is 6.73. The summed E-state index contributed by atoms with van der Waals surface area (Å²) in [5.74, 6) is 0. The summed E-state index contributed by atoms with van der Waals surface area (Å²) in [6.45, 7) is 3.95. The Hall–Kier alpha value is -1.07. The molecule has 0 amide bonds. The van der Waals surface area contributed by atoms with Gasteiger partial charge in [0.2, 0.25) is 10.0 Å². The van der Waals surface area contributed by atoms with E-state index in [0.29, 0.717) is 4.90 Å². The van der Waals surface area contributed by atoms with Crippen LogP contribution in [0.15, 0.2) is 29.2 Å². The lowest BCUT2D eigenvalue weighted by atomic mass is 10.2. The maximum Gasteiger partial charge on any atom is 0.243 e. The van der Waals surface area contributed by atoms with Crippen LogP contribution in [0.3, 0.4) is 0 Å². The average molecular weight is 268 g/mol. The number of anilines is 1. The van der Waals surface area contributed by atoms with Crippen LogP contribution in [0.2, 0.25) is 0 Å². The number of nitrogens with zero attached hydrogens (tertiary/aromatic N) is 1. The molecule has 0 bridgehead atoms. The first-order chi connectivity index (χ1) is 8.46. The van der Waals surface area contributed by atoms with Crippen LogP contribution >= 0.6 is 0 Å². The van der Waals surface area contributed by atoms with Crippen LogP contribution in [0.25, 0.3) is 0 Å². The fraction of sp³-hybridized carbons (Fsp3) is 0.538. The van der Waals surface area contributed by atoms with Crippen molar-refractivity contribution in [3.05, 3.63) is 24.3 Å². The Morgan fingerprint density at radius 2 is 1.61 bits per heavy atom.